The molecule has 2 aromatic rings. The fraction of sp³-hybridized carbons (Fsp3) is 0.263. The first-order valence-corrected chi connectivity index (χ1v) is 8.97. The van der Waals surface area contributed by atoms with Crippen LogP contribution in [0.2, 0.25) is 0 Å². The Hall–Kier alpha value is -2.59. The van der Waals surface area contributed by atoms with Gasteiger partial charge in [-0.2, -0.15) is 5.26 Å². The van der Waals surface area contributed by atoms with Crippen LogP contribution in [0.1, 0.15) is 18.4 Å². The second kappa shape index (κ2) is 10.4. The van der Waals surface area contributed by atoms with E-state index < -0.39 is 5.82 Å². The number of rotatable bonds is 9. The third-order valence-corrected chi connectivity index (χ3v) is 3.99. The molecule has 0 fully saturated rings. The van der Waals surface area contributed by atoms with Gasteiger partial charge in [0.15, 0.2) is 0 Å². The predicted molar refractivity (Wildman–Crippen MR) is 101 cm³/mol. The molecule has 0 heterocycles. The van der Waals surface area contributed by atoms with Gasteiger partial charge in [0.25, 0.3) is 0 Å². The zero-order chi connectivity index (χ0) is 18.8. The van der Waals surface area contributed by atoms with Gasteiger partial charge in [-0.25, -0.2) is 4.39 Å². The lowest BCUT2D eigenvalue weighted by Crippen LogP contribution is -2.29. The van der Waals surface area contributed by atoms with Crippen LogP contribution in [0.5, 0.6) is 5.75 Å². The van der Waals surface area contributed by atoms with Crippen LogP contribution in [0.4, 0.5) is 10.1 Å². The van der Waals surface area contributed by atoms with Crippen LogP contribution in [0.3, 0.4) is 0 Å². The van der Waals surface area contributed by atoms with E-state index >= 15 is 0 Å². The minimum Gasteiger partial charge on any atom is -0.494 e. The summed E-state index contributed by atoms with van der Waals surface area (Å²) >= 11 is 3.37. The highest BCUT2D eigenvalue weighted by Gasteiger charge is 2.07. The van der Waals surface area contributed by atoms with E-state index in [4.69, 9.17) is 10.00 Å². The number of halogens is 2. The largest absolute Gasteiger partial charge is 0.494 e. The van der Waals surface area contributed by atoms with Gasteiger partial charge >= 0.3 is 0 Å². The number of carbonyl (C=O) groups excluding carboxylic acids is 1. The molecule has 0 spiro atoms. The Balaban J connectivity index is 1.61. The van der Waals surface area contributed by atoms with Crippen molar-refractivity contribution >= 4 is 27.5 Å². The van der Waals surface area contributed by atoms with Crippen molar-refractivity contribution in [3.8, 4) is 11.8 Å². The van der Waals surface area contributed by atoms with Crippen LogP contribution in [-0.4, -0.2) is 25.6 Å². The molecule has 5 nitrogen and oxygen atoms in total. The normalized spacial score (nSPS) is 10.0. The molecule has 1 amide bonds. The molecule has 2 N–H and O–H groups in total. The first-order valence-electron chi connectivity index (χ1n) is 8.17. The molecule has 0 aromatic heterocycles. The summed E-state index contributed by atoms with van der Waals surface area (Å²) in [6, 6.07) is 13.7. The van der Waals surface area contributed by atoms with Gasteiger partial charge in [0.1, 0.15) is 23.2 Å². The minimum atomic E-state index is -0.563. The Morgan fingerprint density at radius 3 is 2.81 bits per heavy atom. The highest BCUT2D eigenvalue weighted by Crippen LogP contribution is 2.18. The number of anilines is 1. The lowest BCUT2D eigenvalue weighted by atomic mass is 10.2. The minimum absolute atomic E-state index is 0.0245. The standard InChI is InChI=1S/C19H19BrFN3O2/c20-14-4-1-5-15(12-14)26-11-3-8-19(25)24-10-9-23-18-7-2-6-17(21)16(18)13-22/h1-2,4-7,12,23H,3,8-11H2,(H,24,25). The Labute approximate surface area is 160 Å². The molecule has 2 rings (SSSR count). The first-order chi connectivity index (χ1) is 12.6. The molecule has 0 saturated carbocycles. The van der Waals surface area contributed by atoms with E-state index in [1.54, 1.807) is 6.07 Å². The number of benzene rings is 2. The topological polar surface area (TPSA) is 74.2 Å². The molecule has 0 bridgehead atoms. The van der Waals surface area contributed by atoms with E-state index in [1.807, 2.05) is 30.3 Å². The van der Waals surface area contributed by atoms with Crippen LogP contribution in [0, 0.1) is 17.1 Å². The lowest BCUT2D eigenvalue weighted by molar-refractivity contribution is -0.121. The smallest absolute Gasteiger partial charge is 0.220 e. The third kappa shape index (κ3) is 6.37. The zero-order valence-corrected chi connectivity index (χ0v) is 15.7. The second-order valence-corrected chi connectivity index (χ2v) is 6.38. The van der Waals surface area contributed by atoms with Gasteiger partial charge in [-0.3, -0.25) is 4.79 Å². The van der Waals surface area contributed by atoms with Crippen molar-refractivity contribution in [2.45, 2.75) is 12.8 Å². The van der Waals surface area contributed by atoms with Gasteiger partial charge in [0.2, 0.25) is 5.91 Å². The Kier molecular flexibility index (Phi) is 7.90. The fourth-order valence-corrected chi connectivity index (χ4v) is 2.63. The number of carbonyl (C=O) groups is 1. The Bertz CT molecular complexity index is 793. The predicted octanol–water partition coefficient (Wildman–Crippen LogP) is 3.85. The highest BCUT2D eigenvalue weighted by atomic mass is 79.9. The number of nitrogens with zero attached hydrogens (tertiary/aromatic N) is 1. The summed E-state index contributed by atoms with van der Waals surface area (Å²) in [6.45, 7) is 1.24. The monoisotopic (exact) mass is 419 g/mol. The molecule has 0 aliphatic rings. The van der Waals surface area contributed by atoms with Crippen molar-refractivity contribution in [1.29, 1.82) is 5.26 Å². The molecule has 7 heteroatoms. The summed E-state index contributed by atoms with van der Waals surface area (Å²) in [5.41, 5.74) is 0.396. The van der Waals surface area contributed by atoms with E-state index in [2.05, 4.69) is 26.6 Å². The molecule has 136 valence electrons. The van der Waals surface area contributed by atoms with Gasteiger partial charge in [-0.1, -0.05) is 28.1 Å². The molecule has 0 atom stereocenters. The van der Waals surface area contributed by atoms with Crippen molar-refractivity contribution in [1.82, 2.24) is 5.32 Å². The third-order valence-electron chi connectivity index (χ3n) is 3.50. The summed E-state index contributed by atoms with van der Waals surface area (Å²) in [5, 5.41) is 14.7. The van der Waals surface area contributed by atoms with Crippen LogP contribution in [0.25, 0.3) is 0 Å². The number of nitrogens with one attached hydrogen (secondary N) is 2. The number of amides is 1. The van der Waals surface area contributed by atoms with Crippen molar-refractivity contribution in [3.05, 3.63) is 58.3 Å². The van der Waals surface area contributed by atoms with Gasteiger partial charge in [0.05, 0.1) is 12.3 Å². The molecule has 0 saturated heterocycles. The summed E-state index contributed by atoms with van der Waals surface area (Å²) in [4.78, 5) is 11.8. The van der Waals surface area contributed by atoms with Gasteiger partial charge in [-0.05, 0) is 36.8 Å². The SMILES string of the molecule is N#Cc1c(F)cccc1NCCNC(=O)CCCOc1cccc(Br)c1. The first kappa shape index (κ1) is 19.7. The maximum Gasteiger partial charge on any atom is 0.220 e. The van der Waals surface area contributed by atoms with E-state index in [9.17, 15) is 9.18 Å². The van der Waals surface area contributed by atoms with Crippen LogP contribution in [0.15, 0.2) is 46.9 Å². The Morgan fingerprint density at radius 1 is 1.23 bits per heavy atom. The summed E-state index contributed by atoms with van der Waals surface area (Å²) in [6.07, 6.45) is 0.964. The van der Waals surface area contributed by atoms with Crippen molar-refractivity contribution < 1.29 is 13.9 Å². The molecular formula is C19H19BrFN3O2. The molecule has 0 aliphatic carbocycles. The zero-order valence-electron chi connectivity index (χ0n) is 14.1. The van der Waals surface area contributed by atoms with Gasteiger partial charge < -0.3 is 15.4 Å². The van der Waals surface area contributed by atoms with E-state index in [-0.39, 0.29) is 11.5 Å². The van der Waals surface area contributed by atoms with E-state index in [0.717, 1.165) is 10.2 Å². The van der Waals surface area contributed by atoms with E-state index in [1.165, 1.54) is 12.1 Å². The molecule has 26 heavy (non-hydrogen) atoms. The number of hydrogen-bond donors (Lipinski definition) is 2. The molecule has 0 unspecified atom stereocenters. The van der Waals surface area contributed by atoms with Crippen LogP contribution in [-0.2, 0) is 4.79 Å². The summed E-state index contributed by atoms with van der Waals surface area (Å²) in [5.74, 6) is 0.115. The Morgan fingerprint density at radius 2 is 2.04 bits per heavy atom. The van der Waals surface area contributed by atoms with Gasteiger partial charge in [-0.15, -0.1) is 0 Å². The van der Waals surface area contributed by atoms with Gasteiger partial charge in [0, 0.05) is 24.0 Å². The summed E-state index contributed by atoms with van der Waals surface area (Å²) < 4.78 is 20.0. The van der Waals surface area contributed by atoms with Crippen molar-refractivity contribution in [2.24, 2.45) is 0 Å². The molecule has 2 aromatic carbocycles. The average Bonchev–Trinajstić information content (AvgIpc) is 2.62. The number of ether oxygens (including phenoxy) is 1. The molecule has 0 radical (unpaired) electrons. The van der Waals surface area contributed by atoms with Crippen molar-refractivity contribution in [2.75, 3.05) is 25.0 Å². The second-order valence-electron chi connectivity index (χ2n) is 5.46. The average molecular weight is 420 g/mol. The van der Waals surface area contributed by atoms with E-state index in [0.29, 0.717) is 38.2 Å². The maximum atomic E-state index is 13.5. The molecule has 0 aliphatic heterocycles. The highest BCUT2D eigenvalue weighted by molar-refractivity contribution is 9.10. The molecular weight excluding hydrogens is 401 g/mol. The quantitative estimate of drug-likeness (QED) is 0.605. The number of hydrogen-bond acceptors (Lipinski definition) is 4. The van der Waals surface area contributed by atoms with Crippen LogP contribution >= 0.6 is 15.9 Å². The number of nitriles is 1. The summed E-state index contributed by atoms with van der Waals surface area (Å²) in [7, 11) is 0. The maximum absolute atomic E-state index is 13.5. The lowest BCUT2D eigenvalue weighted by Gasteiger charge is -2.10. The fourth-order valence-electron chi connectivity index (χ4n) is 2.25. The van der Waals surface area contributed by atoms with Crippen LogP contribution < -0.4 is 15.4 Å². The van der Waals surface area contributed by atoms with Crippen molar-refractivity contribution in [3.63, 3.8) is 0 Å².